The van der Waals surface area contributed by atoms with Crippen LogP contribution in [0.1, 0.15) is 29.5 Å². The predicted octanol–water partition coefficient (Wildman–Crippen LogP) is 3.86. The molecule has 1 aliphatic carbocycles. The highest BCUT2D eigenvalue weighted by Crippen LogP contribution is 2.42. The van der Waals surface area contributed by atoms with E-state index in [0.29, 0.717) is 6.42 Å². The van der Waals surface area contributed by atoms with Crippen LogP contribution in [-0.4, -0.2) is 18.4 Å². The average Bonchev–Trinajstić information content (AvgIpc) is 3.44. The number of hydrogen-bond acceptors (Lipinski definition) is 2. The number of nitrogens with one attached hydrogen (secondary N) is 1. The molecule has 1 aliphatic heterocycles. The second kappa shape index (κ2) is 6.60. The number of fused-ring (bicyclic) bond motifs is 1. The van der Waals surface area contributed by atoms with Crippen molar-refractivity contribution in [3.63, 3.8) is 0 Å². The molecule has 1 fully saturated rings. The minimum absolute atomic E-state index is 0.0411. The Hall–Kier alpha value is -2.62. The van der Waals surface area contributed by atoms with Crippen molar-refractivity contribution in [2.75, 3.05) is 16.8 Å². The van der Waals surface area contributed by atoms with Crippen molar-refractivity contribution < 1.29 is 9.59 Å². The number of nitrogens with zero attached hydrogens (tertiary/aromatic N) is 1. The number of rotatable bonds is 3. The minimum atomic E-state index is -0.211. The van der Waals surface area contributed by atoms with Crippen LogP contribution in [0.25, 0.3) is 0 Å². The van der Waals surface area contributed by atoms with Gasteiger partial charge < -0.3 is 10.2 Å². The van der Waals surface area contributed by atoms with Crippen LogP contribution in [0, 0.1) is 25.7 Å². The van der Waals surface area contributed by atoms with E-state index in [1.807, 2.05) is 49.1 Å². The normalized spacial score (nSPS) is 21.1. The fourth-order valence-electron chi connectivity index (χ4n) is 3.90. The highest BCUT2D eigenvalue weighted by Gasteiger charge is 2.50. The Morgan fingerprint density at radius 2 is 1.88 bits per heavy atom. The fourth-order valence-corrected chi connectivity index (χ4v) is 3.90. The Balaban J connectivity index is 1.44. The van der Waals surface area contributed by atoms with Crippen molar-refractivity contribution in [2.45, 2.75) is 33.1 Å². The van der Waals surface area contributed by atoms with Crippen LogP contribution in [0.2, 0.25) is 0 Å². The topological polar surface area (TPSA) is 49.4 Å². The van der Waals surface area contributed by atoms with Crippen molar-refractivity contribution in [2.24, 2.45) is 11.8 Å². The Bertz CT molecular complexity index is 874. The number of carbonyl (C=O) groups excluding carboxylic acids is 2. The molecule has 0 saturated heterocycles. The second-order valence-electron chi connectivity index (χ2n) is 7.48. The van der Waals surface area contributed by atoms with Crippen LogP contribution in [-0.2, 0) is 16.0 Å². The smallest absolute Gasteiger partial charge is 0.230 e. The lowest BCUT2D eigenvalue weighted by Crippen LogP contribution is -2.37. The SMILES string of the molecule is Cc1ccc(NC(=O)C2CC2C(=O)N2CCCc3ccccc32)c(C)c1. The highest BCUT2D eigenvalue weighted by molar-refractivity contribution is 6.05. The van der Waals surface area contributed by atoms with Gasteiger partial charge in [0.05, 0.1) is 11.8 Å². The van der Waals surface area contributed by atoms with E-state index in [1.165, 1.54) is 11.1 Å². The summed E-state index contributed by atoms with van der Waals surface area (Å²) in [5.41, 5.74) is 5.30. The molecular weight excluding hydrogens is 324 g/mol. The summed E-state index contributed by atoms with van der Waals surface area (Å²) in [6.45, 7) is 4.77. The molecule has 134 valence electrons. The molecular formula is C22H24N2O2. The molecule has 1 saturated carbocycles. The lowest BCUT2D eigenvalue weighted by atomic mass is 10.0. The van der Waals surface area contributed by atoms with Crippen LogP contribution >= 0.6 is 0 Å². The largest absolute Gasteiger partial charge is 0.326 e. The number of amides is 2. The Morgan fingerprint density at radius 3 is 2.69 bits per heavy atom. The molecule has 0 radical (unpaired) electrons. The maximum atomic E-state index is 12.9. The molecule has 2 aromatic carbocycles. The number of aryl methyl sites for hydroxylation is 3. The number of carbonyl (C=O) groups is 2. The predicted molar refractivity (Wildman–Crippen MR) is 103 cm³/mol. The minimum Gasteiger partial charge on any atom is -0.326 e. The highest BCUT2D eigenvalue weighted by atomic mass is 16.2. The summed E-state index contributed by atoms with van der Waals surface area (Å²) in [6.07, 6.45) is 2.64. The molecule has 0 bridgehead atoms. The van der Waals surface area contributed by atoms with Gasteiger partial charge >= 0.3 is 0 Å². The van der Waals surface area contributed by atoms with Crippen molar-refractivity contribution in [3.8, 4) is 0 Å². The third-order valence-corrected chi connectivity index (χ3v) is 5.46. The number of hydrogen-bond donors (Lipinski definition) is 1. The van der Waals surface area contributed by atoms with E-state index in [0.717, 1.165) is 36.3 Å². The van der Waals surface area contributed by atoms with E-state index in [4.69, 9.17) is 0 Å². The van der Waals surface area contributed by atoms with Crippen LogP contribution < -0.4 is 10.2 Å². The van der Waals surface area contributed by atoms with Crippen molar-refractivity contribution >= 4 is 23.2 Å². The molecule has 2 amide bonds. The summed E-state index contributed by atoms with van der Waals surface area (Å²) in [5.74, 6) is -0.345. The zero-order chi connectivity index (χ0) is 18.3. The first kappa shape index (κ1) is 16.8. The molecule has 2 atom stereocenters. The first-order valence-electron chi connectivity index (χ1n) is 9.32. The molecule has 4 rings (SSSR count). The molecule has 4 heteroatoms. The van der Waals surface area contributed by atoms with E-state index in [2.05, 4.69) is 17.4 Å². The molecule has 2 unspecified atom stereocenters. The third kappa shape index (κ3) is 3.12. The summed E-state index contributed by atoms with van der Waals surface area (Å²) in [4.78, 5) is 27.4. The van der Waals surface area contributed by atoms with Gasteiger partial charge in [0, 0.05) is 17.9 Å². The Morgan fingerprint density at radius 1 is 1.08 bits per heavy atom. The van der Waals surface area contributed by atoms with Gasteiger partial charge in [0.2, 0.25) is 11.8 Å². The van der Waals surface area contributed by atoms with Crippen LogP contribution in [0.15, 0.2) is 42.5 Å². The molecule has 26 heavy (non-hydrogen) atoms. The molecule has 1 N–H and O–H groups in total. The van der Waals surface area contributed by atoms with Gasteiger partial charge in [0.1, 0.15) is 0 Å². The van der Waals surface area contributed by atoms with Gasteiger partial charge in [-0.15, -0.1) is 0 Å². The van der Waals surface area contributed by atoms with E-state index < -0.39 is 0 Å². The van der Waals surface area contributed by atoms with E-state index in [-0.39, 0.29) is 23.7 Å². The first-order chi connectivity index (χ1) is 12.5. The zero-order valence-corrected chi connectivity index (χ0v) is 15.3. The monoisotopic (exact) mass is 348 g/mol. The molecule has 4 nitrogen and oxygen atoms in total. The fraction of sp³-hybridized carbons (Fsp3) is 0.364. The number of anilines is 2. The average molecular weight is 348 g/mol. The quantitative estimate of drug-likeness (QED) is 0.916. The lowest BCUT2D eigenvalue weighted by Gasteiger charge is -2.29. The Kier molecular flexibility index (Phi) is 4.27. The van der Waals surface area contributed by atoms with Crippen LogP contribution in [0.3, 0.4) is 0 Å². The van der Waals surface area contributed by atoms with Crippen molar-refractivity contribution in [1.29, 1.82) is 0 Å². The van der Waals surface area contributed by atoms with Gasteiger partial charge in [0.25, 0.3) is 0 Å². The van der Waals surface area contributed by atoms with Crippen molar-refractivity contribution in [1.82, 2.24) is 0 Å². The summed E-state index contributed by atoms with van der Waals surface area (Å²) >= 11 is 0. The maximum Gasteiger partial charge on any atom is 0.230 e. The van der Waals surface area contributed by atoms with E-state index in [1.54, 1.807) is 0 Å². The summed E-state index contributed by atoms with van der Waals surface area (Å²) in [7, 11) is 0. The molecule has 1 heterocycles. The number of benzene rings is 2. The van der Waals surface area contributed by atoms with Gasteiger partial charge in [-0.2, -0.15) is 0 Å². The second-order valence-corrected chi connectivity index (χ2v) is 7.48. The third-order valence-electron chi connectivity index (χ3n) is 5.46. The summed E-state index contributed by atoms with van der Waals surface area (Å²) in [6, 6.07) is 14.1. The standard InChI is InChI=1S/C22H24N2O2/c1-14-9-10-19(15(2)12-14)23-21(25)17-13-18(17)22(26)24-11-5-7-16-6-3-4-8-20(16)24/h3-4,6,8-10,12,17-18H,5,7,11,13H2,1-2H3,(H,23,25). The zero-order valence-electron chi connectivity index (χ0n) is 15.3. The Labute approximate surface area is 154 Å². The molecule has 2 aromatic rings. The van der Waals surface area contributed by atoms with Gasteiger partial charge in [-0.25, -0.2) is 0 Å². The lowest BCUT2D eigenvalue weighted by molar-refractivity contribution is -0.123. The van der Waals surface area contributed by atoms with E-state index >= 15 is 0 Å². The maximum absolute atomic E-state index is 12.9. The molecule has 2 aliphatic rings. The van der Waals surface area contributed by atoms with Crippen LogP contribution in [0.5, 0.6) is 0 Å². The summed E-state index contributed by atoms with van der Waals surface area (Å²) in [5, 5.41) is 3.00. The van der Waals surface area contributed by atoms with Gasteiger partial charge in [-0.3, -0.25) is 9.59 Å². The van der Waals surface area contributed by atoms with Gasteiger partial charge in [-0.1, -0.05) is 35.9 Å². The van der Waals surface area contributed by atoms with Crippen LogP contribution in [0.4, 0.5) is 11.4 Å². The van der Waals surface area contributed by atoms with E-state index in [9.17, 15) is 9.59 Å². The van der Waals surface area contributed by atoms with Gasteiger partial charge in [-0.05, 0) is 56.4 Å². The van der Waals surface area contributed by atoms with Crippen molar-refractivity contribution in [3.05, 3.63) is 59.2 Å². The van der Waals surface area contributed by atoms with Gasteiger partial charge in [0.15, 0.2) is 0 Å². The molecule has 0 aromatic heterocycles. The molecule has 0 spiro atoms. The summed E-state index contributed by atoms with van der Waals surface area (Å²) < 4.78 is 0. The number of para-hydroxylation sites is 1. The first-order valence-corrected chi connectivity index (χ1v) is 9.32.